The maximum atomic E-state index is 10.0. The number of hydrogen-bond donors (Lipinski definition) is 1. The van der Waals surface area contributed by atoms with Gasteiger partial charge in [-0.3, -0.25) is 4.79 Å². The van der Waals surface area contributed by atoms with Crippen LogP contribution in [-0.2, 0) is 0 Å². The Hall–Kier alpha value is -0.760. The lowest BCUT2D eigenvalue weighted by Gasteiger charge is -1.81. The molecule has 0 saturated carbocycles. The Morgan fingerprint density at radius 1 is 1.36 bits per heavy atom. The minimum absolute atomic E-state index is 0.729. The third-order valence-corrected chi connectivity index (χ3v) is 0.936. The third kappa shape index (κ3) is 5.67. The van der Waals surface area contributed by atoms with Gasteiger partial charge in [0.05, 0.1) is 0 Å². The average Bonchev–Trinajstić information content (AvgIpc) is 2.08. The van der Waals surface area contributed by atoms with Crippen LogP contribution in [-0.4, -0.2) is 12.0 Å². The molecule has 0 N–H and O–H groups in total. The summed E-state index contributed by atoms with van der Waals surface area (Å²) in [6.45, 7) is 1.99. The molecule has 0 unspecified atom stereocenters. The molecule has 1 rings (SSSR count). The van der Waals surface area contributed by atoms with Crippen LogP contribution in [0.3, 0.4) is 0 Å². The molecule has 0 aliphatic carbocycles. The number of benzene rings is 1. The van der Waals surface area contributed by atoms with Crippen LogP contribution in [0.15, 0.2) is 30.3 Å². The summed E-state index contributed by atoms with van der Waals surface area (Å²) in [5.74, 6) is 0.944. The van der Waals surface area contributed by atoms with Gasteiger partial charge in [-0.15, -0.1) is 0 Å². The van der Waals surface area contributed by atoms with E-state index in [1.54, 1.807) is 12.1 Å². The second-order valence-electron chi connectivity index (χ2n) is 1.84. The van der Waals surface area contributed by atoms with Crippen molar-refractivity contribution in [3.8, 4) is 0 Å². The van der Waals surface area contributed by atoms with E-state index in [0.717, 1.165) is 17.6 Å². The smallest absolute Gasteiger partial charge is 0.150 e. The van der Waals surface area contributed by atoms with E-state index in [1.807, 2.05) is 25.1 Å². The lowest BCUT2D eigenvalue weighted by Crippen LogP contribution is -1.73. The highest BCUT2D eigenvalue weighted by atomic mass is 32.1. The van der Waals surface area contributed by atoms with Crippen molar-refractivity contribution in [3.05, 3.63) is 35.9 Å². The summed E-state index contributed by atoms with van der Waals surface area (Å²) in [5, 5.41) is 0. The molecular weight excluding hydrogens is 156 g/mol. The van der Waals surface area contributed by atoms with Crippen molar-refractivity contribution < 1.29 is 4.79 Å². The minimum Gasteiger partial charge on any atom is -0.298 e. The first-order valence-electron chi connectivity index (χ1n) is 3.46. The van der Waals surface area contributed by atoms with Crippen LogP contribution in [0.2, 0.25) is 0 Å². The first kappa shape index (κ1) is 10.2. The Kier molecular flexibility index (Phi) is 6.84. The summed E-state index contributed by atoms with van der Waals surface area (Å²) in [5.41, 5.74) is 0.729. The topological polar surface area (TPSA) is 17.1 Å². The second-order valence-corrected chi connectivity index (χ2v) is 2.48. The molecular formula is C9H12OS. The molecule has 0 spiro atoms. The second kappa shape index (κ2) is 7.35. The largest absolute Gasteiger partial charge is 0.298 e. The maximum Gasteiger partial charge on any atom is 0.150 e. The van der Waals surface area contributed by atoms with Crippen molar-refractivity contribution in [1.29, 1.82) is 0 Å². The van der Waals surface area contributed by atoms with E-state index in [4.69, 9.17) is 0 Å². The Bertz CT molecular complexity index is 184. The lowest BCUT2D eigenvalue weighted by molar-refractivity contribution is 0.112. The van der Waals surface area contributed by atoms with E-state index < -0.39 is 0 Å². The normalized spacial score (nSPS) is 7.82. The molecule has 0 amide bonds. The zero-order valence-corrected chi connectivity index (χ0v) is 7.42. The predicted octanol–water partition coefficient (Wildman–Crippen LogP) is 2.44. The molecule has 1 aromatic rings. The molecule has 0 atom stereocenters. The number of carbonyl (C=O) groups excluding carboxylic acids is 1. The van der Waals surface area contributed by atoms with Crippen LogP contribution in [0.1, 0.15) is 17.3 Å². The zero-order chi connectivity index (χ0) is 8.53. The predicted molar refractivity (Wildman–Crippen MR) is 51.4 cm³/mol. The molecule has 11 heavy (non-hydrogen) atoms. The van der Waals surface area contributed by atoms with Gasteiger partial charge in [-0.1, -0.05) is 37.3 Å². The average molecular weight is 168 g/mol. The van der Waals surface area contributed by atoms with Gasteiger partial charge in [0.1, 0.15) is 6.29 Å². The van der Waals surface area contributed by atoms with E-state index in [9.17, 15) is 4.79 Å². The van der Waals surface area contributed by atoms with Gasteiger partial charge in [0.2, 0.25) is 0 Å². The summed E-state index contributed by atoms with van der Waals surface area (Å²) in [6.07, 6.45) is 0.833. The van der Waals surface area contributed by atoms with Crippen molar-refractivity contribution in [2.45, 2.75) is 6.92 Å². The summed E-state index contributed by atoms with van der Waals surface area (Å²) < 4.78 is 0. The molecule has 0 aliphatic rings. The number of hydrogen-bond acceptors (Lipinski definition) is 2. The molecule has 0 heterocycles. The van der Waals surface area contributed by atoms with Gasteiger partial charge >= 0.3 is 0 Å². The molecule has 0 radical (unpaired) electrons. The minimum atomic E-state index is 0.729. The van der Waals surface area contributed by atoms with Crippen molar-refractivity contribution in [3.63, 3.8) is 0 Å². The summed E-state index contributed by atoms with van der Waals surface area (Å²) in [4.78, 5) is 10.0. The zero-order valence-electron chi connectivity index (χ0n) is 6.53. The van der Waals surface area contributed by atoms with Crippen LogP contribution in [0.25, 0.3) is 0 Å². The van der Waals surface area contributed by atoms with Crippen molar-refractivity contribution in [2.75, 3.05) is 5.75 Å². The molecule has 1 aromatic carbocycles. The van der Waals surface area contributed by atoms with E-state index in [1.165, 1.54) is 0 Å². The fourth-order valence-electron chi connectivity index (χ4n) is 0.532. The number of aldehydes is 1. The Labute approximate surface area is 72.8 Å². The van der Waals surface area contributed by atoms with Gasteiger partial charge in [0.25, 0.3) is 0 Å². The van der Waals surface area contributed by atoms with Gasteiger partial charge in [-0.2, -0.15) is 12.6 Å². The van der Waals surface area contributed by atoms with Crippen LogP contribution >= 0.6 is 12.6 Å². The number of rotatable bonds is 1. The highest BCUT2D eigenvalue weighted by Crippen LogP contribution is 1.91. The number of thiol groups is 1. The van der Waals surface area contributed by atoms with Crippen LogP contribution in [0, 0.1) is 0 Å². The Morgan fingerprint density at radius 2 is 1.82 bits per heavy atom. The van der Waals surface area contributed by atoms with Gasteiger partial charge in [-0.25, -0.2) is 0 Å². The van der Waals surface area contributed by atoms with Gasteiger partial charge in [-0.05, 0) is 5.75 Å². The number of carbonyl (C=O) groups is 1. The summed E-state index contributed by atoms with van der Waals surface area (Å²) in [7, 11) is 0. The van der Waals surface area contributed by atoms with Gasteiger partial charge in [0.15, 0.2) is 0 Å². The first-order valence-corrected chi connectivity index (χ1v) is 4.09. The van der Waals surface area contributed by atoms with Gasteiger partial charge in [0, 0.05) is 5.56 Å². The molecule has 0 aliphatic heterocycles. The lowest BCUT2D eigenvalue weighted by atomic mass is 10.2. The first-order chi connectivity index (χ1) is 5.35. The fraction of sp³-hybridized carbons (Fsp3) is 0.222. The van der Waals surface area contributed by atoms with Crippen molar-refractivity contribution in [1.82, 2.24) is 0 Å². The molecule has 0 aromatic heterocycles. The molecule has 1 nitrogen and oxygen atoms in total. The summed E-state index contributed by atoms with van der Waals surface area (Å²) >= 11 is 3.79. The highest BCUT2D eigenvalue weighted by Gasteiger charge is 1.79. The fourth-order valence-corrected chi connectivity index (χ4v) is 0.532. The molecule has 0 saturated heterocycles. The highest BCUT2D eigenvalue weighted by molar-refractivity contribution is 7.80. The van der Waals surface area contributed by atoms with Crippen molar-refractivity contribution in [2.24, 2.45) is 0 Å². The molecule has 60 valence electrons. The quantitative estimate of drug-likeness (QED) is 0.503. The van der Waals surface area contributed by atoms with Crippen LogP contribution in [0.5, 0.6) is 0 Å². The summed E-state index contributed by atoms with van der Waals surface area (Å²) in [6, 6.07) is 9.10. The van der Waals surface area contributed by atoms with Crippen LogP contribution < -0.4 is 0 Å². The molecule has 0 fully saturated rings. The van der Waals surface area contributed by atoms with E-state index in [0.29, 0.717) is 0 Å². The van der Waals surface area contributed by atoms with E-state index in [2.05, 4.69) is 12.6 Å². The van der Waals surface area contributed by atoms with E-state index in [-0.39, 0.29) is 0 Å². The van der Waals surface area contributed by atoms with Crippen LogP contribution in [0.4, 0.5) is 0 Å². The molecule has 0 bridgehead atoms. The third-order valence-electron chi connectivity index (χ3n) is 0.936. The standard InChI is InChI=1S/C7H6O.C2H6S/c8-6-7-4-2-1-3-5-7;1-2-3/h1-6H;3H,2H2,1H3. The molecule has 2 heteroatoms. The maximum absolute atomic E-state index is 10.0. The van der Waals surface area contributed by atoms with E-state index >= 15 is 0 Å². The monoisotopic (exact) mass is 168 g/mol. The van der Waals surface area contributed by atoms with Crippen molar-refractivity contribution >= 4 is 18.9 Å². The Balaban J connectivity index is 0.000000292. The van der Waals surface area contributed by atoms with Gasteiger partial charge < -0.3 is 0 Å². The Morgan fingerprint density at radius 3 is 2.09 bits per heavy atom. The SMILES string of the molecule is CCS.O=Cc1ccccc1.